The molecule has 1 saturated heterocycles. The number of piperidine rings is 1. The van der Waals surface area contributed by atoms with E-state index >= 15 is 0 Å². The lowest BCUT2D eigenvalue weighted by molar-refractivity contribution is -0.138. The molecule has 0 aliphatic carbocycles. The predicted molar refractivity (Wildman–Crippen MR) is 93.0 cm³/mol. The van der Waals surface area contributed by atoms with Crippen LogP contribution in [0.4, 0.5) is 0 Å². The van der Waals surface area contributed by atoms with Gasteiger partial charge in [-0.2, -0.15) is 4.98 Å². The van der Waals surface area contributed by atoms with E-state index in [1.165, 1.54) is 0 Å². The second kappa shape index (κ2) is 7.76. The topological polar surface area (TPSA) is 82.7 Å². The molecule has 1 aliphatic rings. The highest BCUT2D eigenvalue weighted by atomic mass is 16.5. The minimum Gasteiger partial charge on any atom is -0.480 e. The molecule has 134 valence electrons. The van der Waals surface area contributed by atoms with E-state index in [1.54, 1.807) is 0 Å². The molecule has 1 N–H and O–H groups in total. The summed E-state index contributed by atoms with van der Waals surface area (Å²) in [5.74, 6) is 0.451. The molecule has 1 aromatic carbocycles. The van der Waals surface area contributed by atoms with Gasteiger partial charge in [-0.05, 0) is 26.8 Å². The Hall–Kier alpha value is -2.25. The molecule has 1 aliphatic heterocycles. The number of carboxylic acids is 1. The van der Waals surface area contributed by atoms with Crippen LogP contribution in [-0.2, 0) is 4.79 Å². The van der Waals surface area contributed by atoms with Crippen LogP contribution in [0.5, 0.6) is 0 Å². The van der Waals surface area contributed by atoms with Gasteiger partial charge in [-0.3, -0.25) is 14.6 Å². The Morgan fingerprint density at radius 1 is 1.36 bits per heavy atom. The fraction of sp³-hybridized carbons (Fsp3) is 0.500. The summed E-state index contributed by atoms with van der Waals surface area (Å²) >= 11 is 0. The monoisotopic (exact) mass is 344 g/mol. The number of hydrogen-bond acceptors (Lipinski definition) is 6. The first kappa shape index (κ1) is 17.6. The maximum Gasteiger partial charge on any atom is 0.317 e. The Balaban J connectivity index is 1.59. The molecule has 7 nitrogen and oxygen atoms in total. The molecule has 7 heteroatoms. The Morgan fingerprint density at radius 3 is 2.68 bits per heavy atom. The molecular formula is C18H24N4O3. The summed E-state index contributed by atoms with van der Waals surface area (Å²) in [7, 11) is 1.88. The molecule has 1 aromatic heterocycles. The van der Waals surface area contributed by atoms with Crippen molar-refractivity contribution < 1.29 is 14.4 Å². The summed E-state index contributed by atoms with van der Waals surface area (Å²) in [5.41, 5.74) is 0.943. The van der Waals surface area contributed by atoms with Gasteiger partial charge in [0.05, 0.1) is 12.6 Å². The highest BCUT2D eigenvalue weighted by Crippen LogP contribution is 2.26. The smallest absolute Gasteiger partial charge is 0.317 e. The van der Waals surface area contributed by atoms with Gasteiger partial charge in [-0.15, -0.1) is 0 Å². The third-order valence-electron chi connectivity index (χ3n) is 4.89. The van der Waals surface area contributed by atoms with E-state index in [-0.39, 0.29) is 12.6 Å². The minimum atomic E-state index is -0.780. The standard InChI is InChI=1S/C18H24N4O3/c1-13(18-19-17(20-25-18)14-6-4-3-5-7-14)22-10-8-15(9-11-22)21(2)12-16(23)24/h3-7,13,15H,8-12H2,1-2H3,(H,23,24). The average Bonchev–Trinajstić information content (AvgIpc) is 3.11. The van der Waals surface area contributed by atoms with Gasteiger partial charge in [-0.25, -0.2) is 0 Å². The van der Waals surface area contributed by atoms with Gasteiger partial charge < -0.3 is 9.63 Å². The van der Waals surface area contributed by atoms with Gasteiger partial charge in [-0.1, -0.05) is 35.5 Å². The summed E-state index contributed by atoms with van der Waals surface area (Å²) < 4.78 is 5.47. The molecule has 3 rings (SSSR count). The SMILES string of the molecule is CC(c1nc(-c2ccccc2)no1)N1CCC(N(C)CC(=O)O)CC1. The van der Waals surface area contributed by atoms with Crippen LogP contribution in [0.2, 0.25) is 0 Å². The van der Waals surface area contributed by atoms with Crippen molar-refractivity contribution in [3.63, 3.8) is 0 Å². The van der Waals surface area contributed by atoms with Gasteiger partial charge in [0.2, 0.25) is 11.7 Å². The summed E-state index contributed by atoms with van der Waals surface area (Å²) in [6, 6.07) is 10.1. The number of likely N-dealkylation sites (tertiary alicyclic amines) is 1. The number of hydrogen-bond donors (Lipinski definition) is 1. The quantitative estimate of drug-likeness (QED) is 0.861. The molecule has 25 heavy (non-hydrogen) atoms. The molecule has 1 unspecified atom stereocenters. The molecule has 0 spiro atoms. The van der Waals surface area contributed by atoms with Crippen LogP contribution in [0.1, 0.15) is 31.7 Å². The zero-order chi connectivity index (χ0) is 17.8. The van der Waals surface area contributed by atoms with E-state index in [2.05, 4.69) is 22.0 Å². The molecule has 2 heterocycles. The maximum absolute atomic E-state index is 10.8. The lowest BCUT2D eigenvalue weighted by Gasteiger charge is -2.37. The highest BCUT2D eigenvalue weighted by molar-refractivity contribution is 5.69. The van der Waals surface area contributed by atoms with E-state index in [0.29, 0.717) is 17.8 Å². The van der Waals surface area contributed by atoms with Crippen LogP contribution in [0, 0.1) is 0 Å². The van der Waals surface area contributed by atoms with Crippen LogP contribution < -0.4 is 0 Å². The Morgan fingerprint density at radius 2 is 2.04 bits per heavy atom. The largest absolute Gasteiger partial charge is 0.480 e. The maximum atomic E-state index is 10.8. The molecular weight excluding hydrogens is 320 g/mol. The van der Waals surface area contributed by atoms with E-state index < -0.39 is 5.97 Å². The van der Waals surface area contributed by atoms with Crippen molar-refractivity contribution in [3.8, 4) is 11.4 Å². The molecule has 1 atom stereocenters. The van der Waals surface area contributed by atoms with Crippen LogP contribution >= 0.6 is 0 Å². The first-order valence-corrected chi connectivity index (χ1v) is 8.59. The zero-order valence-corrected chi connectivity index (χ0v) is 14.6. The van der Waals surface area contributed by atoms with Crippen molar-refractivity contribution in [2.45, 2.75) is 31.8 Å². The van der Waals surface area contributed by atoms with E-state index in [1.807, 2.05) is 42.3 Å². The molecule has 0 saturated carbocycles. The fourth-order valence-corrected chi connectivity index (χ4v) is 3.32. The number of carbonyl (C=O) groups is 1. The van der Waals surface area contributed by atoms with Crippen LogP contribution in [-0.4, -0.2) is 63.7 Å². The number of aromatic nitrogens is 2. The second-order valence-electron chi connectivity index (χ2n) is 6.57. The Labute approximate surface area is 147 Å². The summed E-state index contributed by atoms with van der Waals surface area (Å²) in [6.45, 7) is 3.94. The van der Waals surface area contributed by atoms with Gasteiger partial charge >= 0.3 is 5.97 Å². The minimum absolute atomic E-state index is 0.0516. The molecule has 0 bridgehead atoms. The Bertz CT molecular complexity index is 695. The van der Waals surface area contributed by atoms with Crippen molar-refractivity contribution in [1.82, 2.24) is 19.9 Å². The summed E-state index contributed by atoms with van der Waals surface area (Å²) in [6.07, 6.45) is 1.88. The van der Waals surface area contributed by atoms with Gasteiger partial charge in [0.1, 0.15) is 0 Å². The number of likely N-dealkylation sites (N-methyl/N-ethyl adjacent to an activating group) is 1. The van der Waals surface area contributed by atoms with Gasteiger partial charge in [0.25, 0.3) is 0 Å². The van der Waals surface area contributed by atoms with Gasteiger partial charge in [0, 0.05) is 24.7 Å². The Kier molecular flexibility index (Phi) is 5.45. The first-order chi connectivity index (χ1) is 12.0. The predicted octanol–water partition coefficient (Wildman–Crippen LogP) is 2.28. The lowest BCUT2D eigenvalue weighted by Crippen LogP contribution is -2.45. The second-order valence-corrected chi connectivity index (χ2v) is 6.57. The first-order valence-electron chi connectivity index (χ1n) is 8.59. The van der Waals surface area contributed by atoms with E-state index in [0.717, 1.165) is 31.5 Å². The summed E-state index contributed by atoms with van der Waals surface area (Å²) in [5, 5.41) is 13.0. The van der Waals surface area contributed by atoms with Crippen LogP contribution in [0.15, 0.2) is 34.9 Å². The third-order valence-corrected chi connectivity index (χ3v) is 4.89. The summed E-state index contributed by atoms with van der Waals surface area (Å²) in [4.78, 5) is 19.6. The van der Waals surface area contributed by atoms with Crippen molar-refractivity contribution in [2.24, 2.45) is 0 Å². The lowest BCUT2D eigenvalue weighted by atomic mass is 10.0. The zero-order valence-electron chi connectivity index (χ0n) is 14.6. The molecule has 0 radical (unpaired) electrons. The van der Waals surface area contributed by atoms with E-state index in [4.69, 9.17) is 9.63 Å². The van der Waals surface area contributed by atoms with Crippen molar-refractivity contribution in [2.75, 3.05) is 26.7 Å². The third kappa shape index (κ3) is 4.24. The molecule has 1 fully saturated rings. The normalized spacial score (nSPS) is 17.7. The fourth-order valence-electron chi connectivity index (χ4n) is 3.32. The van der Waals surface area contributed by atoms with E-state index in [9.17, 15) is 4.79 Å². The van der Waals surface area contributed by atoms with Gasteiger partial charge in [0.15, 0.2) is 0 Å². The van der Waals surface area contributed by atoms with Crippen LogP contribution in [0.3, 0.4) is 0 Å². The number of carboxylic acid groups (broad SMARTS) is 1. The average molecular weight is 344 g/mol. The van der Waals surface area contributed by atoms with Crippen molar-refractivity contribution in [1.29, 1.82) is 0 Å². The highest BCUT2D eigenvalue weighted by Gasteiger charge is 2.28. The number of nitrogens with zero attached hydrogens (tertiary/aromatic N) is 4. The number of benzene rings is 1. The number of rotatable bonds is 6. The van der Waals surface area contributed by atoms with Crippen LogP contribution in [0.25, 0.3) is 11.4 Å². The van der Waals surface area contributed by atoms with Crippen molar-refractivity contribution in [3.05, 3.63) is 36.2 Å². The molecule has 2 aromatic rings. The molecule has 0 amide bonds. The van der Waals surface area contributed by atoms with Crippen molar-refractivity contribution >= 4 is 5.97 Å². The number of aliphatic carboxylic acids is 1.